The summed E-state index contributed by atoms with van der Waals surface area (Å²) in [5.41, 5.74) is 13.7. The number of aromatic nitrogens is 6. The number of alkyl halides is 7. The van der Waals surface area contributed by atoms with E-state index in [0.717, 1.165) is 93.6 Å². The Balaban J connectivity index is 0.000000156. The lowest BCUT2D eigenvalue weighted by Gasteiger charge is -2.29. The molecule has 0 unspecified atom stereocenters. The Labute approximate surface area is 798 Å². The maximum atomic E-state index is 13.7. The van der Waals surface area contributed by atoms with E-state index in [9.17, 15) is 77.5 Å². The zero-order chi connectivity index (χ0) is 100. The Morgan fingerprint density at radius 3 is 1.02 bits per heavy atom. The van der Waals surface area contributed by atoms with Gasteiger partial charge in [-0.2, -0.15) is 22.0 Å². The van der Waals surface area contributed by atoms with E-state index >= 15 is 0 Å². The Hall–Kier alpha value is -14.4. The summed E-state index contributed by atoms with van der Waals surface area (Å²) in [6, 6.07) is 40.9. The molecule has 730 valence electrons. The Morgan fingerprint density at radius 2 is 0.705 bits per heavy atom. The van der Waals surface area contributed by atoms with Crippen molar-refractivity contribution in [2.45, 2.75) is 64.5 Å². The first-order chi connectivity index (χ1) is 65.8. The van der Waals surface area contributed by atoms with Crippen LogP contribution in [0.4, 0.5) is 81.9 Å². The molecule has 4 amide bonds. The van der Waals surface area contributed by atoms with Crippen LogP contribution in [0.5, 0.6) is 0 Å². The lowest BCUT2D eigenvalue weighted by molar-refractivity contribution is -0.137. The van der Waals surface area contributed by atoms with Gasteiger partial charge >= 0.3 is 6.18 Å². The average molecular weight is 1930 g/mol. The highest BCUT2D eigenvalue weighted by Gasteiger charge is 2.35. The van der Waals surface area contributed by atoms with Crippen LogP contribution < -0.4 is 68.0 Å². The number of carbonyl (C=O) groups is 4. The third-order valence-electron chi connectivity index (χ3n) is 23.8. The Bertz CT molecular complexity index is 6790. The summed E-state index contributed by atoms with van der Waals surface area (Å²) in [5.74, 6) is -8.29. The molecule has 10 heterocycles. The van der Waals surface area contributed by atoms with Crippen LogP contribution in [0.1, 0.15) is 94.4 Å². The van der Waals surface area contributed by atoms with E-state index in [2.05, 4.69) is 36.1 Å². The molecule has 4 N–H and O–H groups in total. The van der Waals surface area contributed by atoms with E-state index in [1.807, 2.05) is 128 Å². The van der Waals surface area contributed by atoms with Crippen LogP contribution in [-0.4, -0.2) is 186 Å². The van der Waals surface area contributed by atoms with Crippen molar-refractivity contribution in [2.75, 3.05) is 171 Å². The van der Waals surface area contributed by atoms with Crippen LogP contribution in [0.3, 0.4) is 0 Å². The molecule has 139 heavy (non-hydrogen) atoms. The van der Waals surface area contributed by atoms with Gasteiger partial charge in [-0.15, -0.1) is 0 Å². The lowest BCUT2D eigenvalue weighted by Crippen LogP contribution is -2.40. The summed E-state index contributed by atoms with van der Waals surface area (Å²) in [7, 11) is 6.64. The van der Waals surface area contributed by atoms with Crippen molar-refractivity contribution in [3.8, 4) is 44.5 Å². The molecule has 16 rings (SSSR count). The van der Waals surface area contributed by atoms with Gasteiger partial charge in [-0.25, -0.2) is 17.2 Å². The fourth-order valence-electron chi connectivity index (χ4n) is 16.0. The second-order valence-electron chi connectivity index (χ2n) is 34.6. The normalized spacial score (nSPS) is 14.1. The zero-order valence-corrected chi connectivity index (χ0v) is 79.9. The van der Waals surface area contributed by atoms with Gasteiger partial charge in [0.1, 0.15) is 28.4 Å². The number of nitrogens with zero attached hydrogens (tertiary/aromatic N) is 11. The number of pyridine rings is 6. The summed E-state index contributed by atoms with van der Waals surface area (Å²) in [6.45, 7) is 18.9. The maximum absolute atomic E-state index is 13.7. The van der Waals surface area contributed by atoms with Crippen LogP contribution in [0.15, 0.2) is 225 Å². The number of anilines is 9. The summed E-state index contributed by atoms with van der Waals surface area (Å²) in [5, 5.41) is 11.1. The highest BCUT2D eigenvalue weighted by atomic mass is 32.2. The monoisotopic (exact) mass is 1930 g/mol. The molecule has 6 aromatic carbocycles. The number of hydrogen-bond acceptors (Lipinski definition) is 21. The van der Waals surface area contributed by atoms with E-state index < -0.39 is 67.3 Å². The van der Waals surface area contributed by atoms with Crippen molar-refractivity contribution in [1.29, 1.82) is 0 Å². The van der Waals surface area contributed by atoms with Crippen LogP contribution in [0.25, 0.3) is 44.5 Å². The maximum Gasteiger partial charge on any atom is 0.416 e. The molecule has 37 heteroatoms. The van der Waals surface area contributed by atoms with Crippen LogP contribution >= 0.6 is 0 Å². The van der Waals surface area contributed by atoms with E-state index in [4.69, 9.17) is 18.9 Å². The molecular formula is C102H108F7N15O14S. The number of aryl methyl sites for hydroxylation is 8. The average Bonchev–Trinajstić information content (AvgIpc) is 0.798. The van der Waals surface area contributed by atoms with Gasteiger partial charge < -0.3 is 83.0 Å². The quantitative estimate of drug-likeness (QED) is 0.0515. The number of ether oxygens (including phenoxy) is 4. The molecule has 0 spiro atoms. The van der Waals surface area contributed by atoms with Crippen molar-refractivity contribution in [1.82, 2.24) is 28.2 Å². The molecule has 29 nitrogen and oxygen atoms in total. The standard InChI is InChI=1S/C26H26F3N3O5S.C26H27F2N3O3.C25H26F2N4O3.C25H29N5O3/c1-16-4-5-20(30-24(33)17-10-19(26(27,28)29)13-21(11-17)38(3,35)36)14-22(16)18-12-23(25(34)31(2)15-18)32-6-8-37-9-7-32;1-17-7-8-21(29-24(32)18-5-4-6-20(13-18)26(2,27)28)15-22(17)19-14-23(25(33)30(3)16-19)31-9-11-34-12-10-31;1-16-4-5-19(29-23(32)17-6-7-28-22(13-17)25(2,26)27)14-20(16)18-12-21(24(33)30(3)15-18)31-8-10-34-11-9-31;1-17-5-6-20(27-24(31)18-11-21(28(2)3)15-26-14-18)13-22(17)19-12-23(25(32)29(4)16-19)30-7-9-33-10-8-30/h4-5,10-15H,6-9H2,1-3H3,(H,30,33);4-8,13-16H,9-12H2,1-3H3,(H,29,32);4-7,12-15H,8-11H2,1-3H3,(H,29,32);5-6,11-16H,7-10H2,1-4H3,(H,27,31). The fourth-order valence-corrected chi connectivity index (χ4v) is 16.7. The van der Waals surface area contributed by atoms with Gasteiger partial charge in [-0.3, -0.25) is 48.3 Å². The minimum Gasteiger partial charge on any atom is -0.378 e. The van der Waals surface area contributed by atoms with Gasteiger partial charge in [0, 0.05) is 219 Å². The topological polar surface area (TPSA) is 317 Å². The fraction of sp³-hybridized carbons (Fsp3) is 0.314. The third kappa shape index (κ3) is 25.5. The van der Waals surface area contributed by atoms with Crippen LogP contribution in [0.2, 0.25) is 0 Å². The van der Waals surface area contributed by atoms with E-state index in [-0.39, 0.29) is 50.5 Å². The number of amides is 4. The van der Waals surface area contributed by atoms with Crippen molar-refractivity contribution in [2.24, 2.45) is 28.2 Å². The second-order valence-corrected chi connectivity index (χ2v) is 36.6. The number of nitrogens with one attached hydrogen (secondary N) is 4. The predicted molar refractivity (Wildman–Crippen MR) is 524 cm³/mol. The Kier molecular flexibility index (Phi) is 31.9. The molecule has 4 fully saturated rings. The third-order valence-corrected chi connectivity index (χ3v) is 24.9. The molecule has 0 atom stereocenters. The molecule has 12 aromatic rings. The number of hydrogen-bond donors (Lipinski definition) is 4. The number of morpholine rings is 4. The van der Waals surface area contributed by atoms with Gasteiger partial charge in [0.25, 0.3) is 57.7 Å². The highest BCUT2D eigenvalue weighted by Crippen LogP contribution is 2.38. The Morgan fingerprint density at radius 1 is 0.381 bits per heavy atom. The minimum absolute atomic E-state index is 0.0314. The first-order valence-electron chi connectivity index (χ1n) is 44.5. The molecule has 4 aliphatic rings. The lowest BCUT2D eigenvalue weighted by atomic mass is 10.0. The molecular weight excluding hydrogens is 1820 g/mol. The number of benzene rings is 6. The molecule has 0 bridgehead atoms. The van der Waals surface area contributed by atoms with Gasteiger partial charge in [0.15, 0.2) is 9.84 Å². The first-order valence-corrected chi connectivity index (χ1v) is 46.4. The van der Waals surface area contributed by atoms with Gasteiger partial charge in [0.05, 0.1) is 80.8 Å². The smallest absolute Gasteiger partial charge is 0.378 e. The van der Waals surface area contributed by atoms with Crippen LogP contribution in [-0.2, 0) is 75.0 Å². The minimum atomic E-state index is -4.84. The SMILES string of the molecule is Cc1ccc(NC(=O)c2cc(C(F)(F)F)cc(S(C)(=O)=O)c2)cc1-c1cc(N2CCOCC2)c(=O)n(C)c1.Cc1ccc(NC(=O)c2cccc(C(C)(F)F)c2)cc1-c1cc(N2CCOCC2)c(=O)n(C)c1.Cc1ccc(NC(=O)c2ccnc(C(C)(F)F)c2)cc1-c1cc(N2CCOCC2)c(=O)n(C)c1.Cc1ccc(NC(=O)c2cncc(N(C)C)c2)cc1-c1cc(N2CCOCC2)c(=O)n(C)c1. The van der Waals surface area contributed by atoms with E-state index in [0.29, 0.717) is 174 Å². The first kappa shape index (κ1) is 102. The van der Waals surface area contributed by atoms with Gasteiger partial charge in [-0.1, -0.05) is 36.4 Å². The van der Waals surface area contributed by atoms with Gasteiger partial charge in [-0.05, 0) is 194 Å². The zero-order valence-electron chi connectivity index (χ0n) is 79.1. The second kappa shape index (κ2) is 43.5. The van der Waals surface area contributed by atoms with Gasteiger partial charge in [0.2, 0.25) is 0 Å². The molecule has 6 aromatic heterocycles. The van der Waals surface area contributed by atoms with Crippen molar-refractivity contribution in [3.05, 3.63) is 304 Å². The molecule has 0 saturated carbocycles. The largest absolute Gasteiger partial charge is 0.416 e. The number of rotatable bonds is 20. The summed E-state index contributed by atoms with van der Waals surface area (Å²) >= 11 is 0. The molecule has 4 saturated heterocycles. The van der Waals surface area contributed by atoms with E-state index in [1.165, 1.54) is 41.1 Å². The summed E-state index contributed by atoms with van der Waals surface area (Å²) < 4.78 is 146. The van der Waals surface area contributed by atoms with Crippen molar-refractivity contribution >= 4 is 84.7 Å². The summed E-state index contributed by atoms with van der Waals surface area (Å²) in [6.07, 6.45) is 7.44. The van der Waals surface area contributed by atoms with Crippen LogP contribution in [0, 0.1) is 27.7 Å². The van der Waals surface area contributed by atoms with Crippen molar-refractivity contribution < 1.29 is 77.3 Å². The molecule has 4 aliphatic heterocycles. The van der Waals surface area contributed by atoms with Crippen molar-refractivity contribution in [3.63, 3.8) is 0 Å². The number of sulfone groups is 1. The predicted octanol–water partition coefficient (Wildman–Crippen LogP) is 15.3. The molecule has 0 radical (unpaired) electrons. The summed E-state index contributed by atoms with van der Waals surface area (Å²) in [4.78, 5) is 120. The number of halogens is 7. The molecule has 0 aliphatic carbocycles. The highest BCUT2D eigenvalue weighted by molar-refractivity contribution is 7.90. The number of carbonyl (C=O) groups excluding carboxylic acids is 4. The van der Waals surface area contributed by atoms with E-state index in [1.54, 1.807) is 115 Å².